The van der Waals surface area contributed by atoms with Gasteiger partial charge in [0.15, 0.2) is 0 Å². The Morgan fingerprint density at radius 1 is 1.28 bits per heavy atom. The summed E-state index contributed by atoms with van der Waals surface area (Å²) in [5.74, 6) is 0. The topological polar surface area (TPSA) is 29.3 Å². The van der Waals surface area contributed by atoms with Crippen LogP contribution >= 0.6 is 0 Å². The second-order valence-electron chi connectivity index (χ2n) is 5.64. The number of nitrogens with zero attached hydrogens (tertiary/aromatic N) is 1. The van der Waals surface area contributed by atoms with Crippen molar-refractivity contribution < 1.29 is 0 Å². The van der Waals surface area contributed by atoms with Crippen LogP contribution in [0.3, 0.4) is 0 Å². The molecule has 2 rings (SSSR count). The lowest BCUT2D eigenvalue weighted by Crippen LogP contribution is -2.45. The maximum Gasteiger partial charge on any atom is 0.0323 e. The van der Waals surface area contributed by atoms with Gasteiger partial charge in [-0.2, -0.15) is 0 Å². The molecule has 100 valence electrons. The van der Waals surface area contributed by atoms with Crippen LogP contribution in [0, 0.1) is 13.8 Å². The van der Waals surface area contributed by atoms with Crippen molar-refractivity contribution in [1.29, 1.82) is 0 Å². The lowest BCUT2D eigenvalue weighted by atomic mass is 9.95. The average Bonchev–Trinajstić information content (AvgIpc) is 2.41. The van der Waals surface area contributed by atoms with E-state index in [-0.39, 0.29) is 0 Å². The van der Waals surface area contributed by atoms with Gasteiger partial charge >= 0.3 is 0 Å². The van der Waals surface area contributed by atoms with Gasteiger partial charge in [0.1, 0.15) is 0 Å². The van der Waals surface area contributed by atoms with Crippen molar-refractivity contribution in [3.05, 3.63) is 34.9 Å². The molecule has 0 amide bonds. The van der Waals surface area contributed by atoms with Gasteiger partial charge in [-0.1, -0.05) is 24.6 Å². The first-order chi connectivity index (χ1) is 8.63. The molecule has 0 aliphatic carbocycles. The van der Waals surface area contributed by atoms with Gasteiger partial charge in [0.25, 0.3) is 0 Å². The summed E-state index contributed by atoms with van der Waals surface area (Å²) in [6, 6.07) is 7.90. The highest BCUT2D eigenvalue weighted by Gasteiger charge is 2.26. The number of benzene rings is 1. The van der Waals surface area contributed by atoms with E-state index in [1.807, 2.05) is 0 Å². The van der Waals surface area contributed by atoms with Crippen molar-refractivity contribution in [2.24, 2.45) is 5.73 Å². The third-order valence-electron chi connectivity index (χ3n) is 4.46. The van der Waals surface area contributed by atoms with E-state index >= 15 is 0 Å². The number of likely N-dealkylation sites (tertiary alicyclic amines) is 1. The summed E-state index contributed by atoms with van der Waals surface area (Å²) in [5.41, 5.74) is 10.1. The zero-order valence-electron chi connectivity index (χ0n) is 11.9. The van der Waals surface area contributed by atoms with E-state index in [1.165, 1.54) is 42.5 Å². The fourth-order valence-corrected chi connectivity index (χ4v) is 3.00. The summed E-state index contributed by atoms with van der Waals surface area (Å²) >= 11 is 0. The highest BCUT2D eigenvalue weighted by atomic mass is 15.2. The average molecular weight is 246 g/mol. The molecule has 0 aromatic heterocycles. The molecule has 2 atom stereocenters. The highest BCUT2D eigenvalue weighted by molar-refractivity contribution is 5.31. The Morgan fingerprint density at radius 3 is 2.72 bits per heavy atom. The number of hydrogen-bond donors (Lipinski definition) is 1. The molecule has 0 saturated carbocycles. The maximum absolute atomic E-state index is 5.92. The molecule has 0 radical (unpaired) electrons. The number of rotatable bonds is 3. The molecule has 1 fully saturated rings. The Labute approximate surface area is 111 Å². The summed E-state index contributed by atoms with van der Waals surface area (Å²) in [4.78, 5) is 2.59. The maximum atomic E-state index is 5.92. The minimum absolute atomic E-state index is 0.484. The molecular formula is C16H26N2. The van der Waals surface area contributed by atoms with Crippen LogP contribution in [-0.4, -0.2) is 24.0 Å². The van der Waals surface area contributed by atoms with Gasteiger partial charge in [-0.3, -0.25) is 4.90 Å². The van der Waals surface area contributed by atoms with Crippen LogP contribution in [-0.2, 0) is 0 Å². The molecule has 2 nitrogen and oxygen atoms in total. The first-order valence-electron chi connectivity index (χ1n) is 7.16. The molecule has 1 aliphatic heterocycles. The minimum atomic E-state index is 0.484. The second-order valence-corrected chi connectivity index (χ2v) is 5.64. The molecular weight excluding hydrogens is 220 g/mol. The van der Waals surface area contributed by atoms with Gasteiger partial charge in [0.2, 0.25) is 0 Å². The van der Waals surface area contributed by atoms with E-state index in [0.29, 0.717) is 12.1 Å². The van der Waals surface area contributed by atoms with Crippen LogP contribution in [0.4, 0.5) is 0 Å². The largest absolute Gasteiger partial charge is 0.329 e. The van der Waals surface area contributed by atoms with Crippen molar-refractivity contribution in [2.45, 2.75) is 52.1 Å². The molecule has 1 saturated heterocycles. The number of nitrogens with two attached hydrogens (primary N) is 1. The van der Waals surface area contributed by atoms with E-state index in [2.05, 4.69) is 43.9 Å². The van der Waals surface area contributed by atoms with Gasteiger partial charge in [-0.15, -0.1) is 0 Å². The molecule has 0 spiro atoms. The SMILES string of the molecule is Cc1ccc(C(C)N2CCCCC2CN)cc1C. The van der Waals surface area contributed by atoms with Crippen molar-refractivity contribution in [3.8, 4) is 0 Å². The Morgan fingerprint density at radius 2 is 2.06 bits per heavy atom. The third-order valence-corrected chi connectivity index (χ3v) is 4.46. The molecule has 2 unspecified atom stereocenters. The second kappa shape index (κ2) is 5.85. The molecule has 1 aliphatic rings. The lowest BCUT2D eigenvalue weighted by molar-refractivity contribution is 0.108. The Bertz CT molecular complexity index is 400. The van der Waals surface area contributed by atoms with E-state index in [9.17, 15) is 0 Å². The summed E-state index contributed by atoms with van der Waals surface area (Å²) in [6.07, 6.45) is 3.90. The zero-order valence-corrected chi connectivity index (χ0v) is 11.9. The van der Waals surface area contributed by atoms with E-state index in [1.54, 1.807) is 0 Å². The number of hydrogen-bond acceptors (Lipinski definition) is 2. The van der Waals surface area contributed by atoms with Gasteiger partial charge in [-0.05, 0) is 56.8 Å². The Balaban J connectivity index is 2.18. The van der Waals surface area contributed by atoms with Crippen LogP contribution < -0.4 is 5.73 Å². The van der Waals surface area contributed by atoms with Crippen LogP contribution in [0.15, 0.2) is 18.2 Å². The van der Waals surface area contributed by atoms with E-state index in [4.69, 9.17) is 5.73 Å². The first kappa shape index (κ1) is 13.6. The van der Waals surface area contributed by atoms with Crippen LogP contribution in [0.25, 0.3) is 0 Å². The smallest absolute Gasteiger partial charge is 0.0323 e. The van der Waals surface area contributed by atoms with Gasteiger partial charge in [-0.25, -0.2) is 0 Å². The van der Waals surface area contributed by atoms with Gasteiger partial charge in [0, 0.05) is 18.6 Å². The monoisotopic (exact) mass is 246 g/mol. The standard InChI is InChI=1S/C16H26N2/c1-12-7-8-15(10-13(12)2)14(3)18-9-5-4-6-16(18)11-17/h7-8,10,14,16H,4-6,9,11,17H2,1-3H3. The molecule has 1 aromatic rings. The summed E-state index contributed by atoms with van der Waals surface area (Å²) < 4.78 is 0. The Kier molecular flexibility index (Phi) is 4.41. The molecule has 2 heteroatoms. The fraction of sp³-hybridized carbons (Fsp3) is 0.625. The highest BCUT2D eigenvalue weighted by Crippen LogP contribution is 2.28. The lowest BCUT2D eigenvalue weighted by Gasteiger charge is -2.39. The van der Waals surface area contributed by atoms with Crippen LogP contribution in [0.1, 0.15) is 48.9 Å². The van der Waals surface area contributed by atoms with Crippen LogP contribution in [0.2, 0.25) is 0 Å². The van der Waals surface area contributed by atoms with E-state index < -0.39 is 0 Å². The summed E-state index contributed by atoms with van der Waals surface area (Å²) in [5, 5.41) is 0. The van der Waals surface area contributed by atoms with Crippen LogP contribution in [0.5, 0.6) is 0 Å². The fourth-order valence-electron chi connectivity index (χ4n) is 3.00. The van der Waals surface area contributed by atoms with Crippen molar-refractivity contribution in [3.63, 3.8) is 0 Å². The number of piperidine rings is 1. The molecule has 1 aromatic carbocycles. The summed E-state index contributed by atoms with van der Waals surface area (Å²) in [7, 11) is 0. The first-order valence-corrected chi connectivity index (χ1v) is 7.16. The van der Waals surface area contributed by atoms with Crippen molar-refractivity contribution >= 4 is 0 Å². The predicted octanol–water partition coefficient (Wildman–Crippen LogP) is 3.18. The Hall–Kier alpha value is -0.860. The molecule has 1 heterocycles. The molecule has 18 heavy (non-hydrogen) atoms. The third kappa shape index (κ3) is 2.76. The minimum Gasteiger partial charge on any atom is -0.329 e. The van der Waals surface area contributed by atoms with Gasteiger partial charge in [0.05, 0.1) is 0 Å². The zero-order chi connectivity index (χ0) is 13.1. The normalized spacial score (nSPS) is 23.0. The quantitative estimate of drug-likeness (QED) is 0.887. The molecule has 0 bridgehead atoms. The summed E-state index contributed by atoms with van der Waals surface area (Å²) in [6.45, 7) is 8.67. The van der Waals surface area contributed by atoms with Crippen molar-refractivity contribution in [1.82, 2.24) is 4.90 Å². The number of aryl methyl sites for hydroxylation is 2. The predicted molar refractivity (Wildman–Crippen MR) is 77.7 cm³/mol. The molecule has 2 N–H and O–H groups in total. The van der Waals surface area contributed by atoms with Gasteiger partial charge < -0.3 is 5.73 Å². The van der Waals surface area contributed by atoms with E-state index in [0.717, 1.165) is 6.54 Å². The van der Waals surface area contributed by atoms with Crippen molar-refractivity contribution in [2.75, 3.05) is 13.1 Å².